The summed E-state index contributed by atoms with van der Waals surface area (Å²) in [5.41, 5.74) is 1.91. The van der Waals surface area contributed by atoms with E-state index < -0.39 is 12.1 Å². The summed E-state index contributed by atoms with van der Waals surface area (Å²) in [6, 6.07) is 6.36. The molecule has 0 aromatic heterocycles. The molecule has 0 spiro atoms. The van der Waals surface area contributed by atoms with Gasteiger partial charge in [0.05, 0.1) is 0 Å². The number of esters is 1. The van der Waals surface area contributed by atoms with E-state index in [1.54, 1.807) is 24.3 Å². The minimum atomic E-state index is -0.871. The highest BCUT2D eigenvalue weighted by atomic mass is 16.6. The smallest absolute Gasteiger partial charge is 0.344 e. The number of carbonyl (C=O) groups is 3. The van der Waals surface area contributed by atoms with Gasteiger partial charge in [0.25, 0.3) is 5.91 Å². The molecule has 1 atom stereocenters. The van der Waals surface area contributed by atoms with Crippen molar-refractivity contribution in [1.29, 1.82) is 0 Å². The van der Waals surface area contributed by atoms with Gasteiger partial charge in [0.15, 0.2) is 12.7 Å². The van der Waals surface area contributed by atoms with E-state index in [2.05, 4.69) is 11.4 Å². The summed E-state index contributed by atoms with van der Waals surface area (Å²) < 4.78 is 10.4. The third-order valence-electron chi connectivity index (χ3n) is 4.18. The van der Waals surface area contributed by atoms with Crippen LogP contribution >= 0.6 is 0 Å². The first-order chi connectivity index (χ1) is 12.6. The zero-order valence-electron chi connectivity index (χ0n) is 15.0. The molecule has 0 fully saturated rings. The number of allylic oxidation sites excluding steroid dienone is 1. The van der Waals surface area contributed by atoms with Crippen LogP contribution in [0, 0.1) is 0 Å². The zero-order valence-corrected chi connectivity index (χ0v) is 15.0. The van der Waals surface area contributed by atoms with Gasteiger partial charge in [-0.25, -0.2) is 4.79 Å². The van der Waals surface area contributed by atoms with Gasteiger partial charge in [-0.3, -0.25) is 9.59 Å². The first kappa shape index (κ1) is 19.7. The first-order valence-corrected chi connectivity index (χ1v) is 8.91. The van der Waals surface area contributed by atoms with Gasteiger partial charge in [-0.15, -0.1) is 0 Å². The number of rotatable bonds is 9. The fourth-order valence-corrected chi connectivity index (χ4v) is 2.69. The van der Waals surface area contributed by atoms with E-state index in [1.807, 2.05) is 0 Å². The van der Waals surface area contributed by atoms with Crippen LogP contribution in [0.3, 0.4) is 0 Å². The molecule has 140 valence electrons. The Morgan fingerprint density at radius 1 is 1.23 bits per heavy atom. The second kappa shape index (κ2) is 10.4. The topological polar surface area (TPSA) is 81.7 Å². The van der Waals surface area contributed by atoms with Crippen molar-refractivity contribution in [1.82, 2.24) is 5.32 Å². The van der Waals surface area contributed by atoms with Crippen molar-refractivity contribution in [2.45, 2.75) is 45.1 Å². The molecule has 1 N–H and O–H groups in total. The molecule has 0 bridgehead atoms. The summed E-state index contributed by atoms with van der Waals surface area (Å²) in [7, 11) is 0. The number of hydrogen-bond donors (Lipinski definition) is 1. The third kappa shape index (κ3) is 6.70. The van der Waals surface area contributed by atoms with E-state index in [4.69, 9.17) is 9.47 Å². The number of aldehydes is 1. The third-order valence-corrected chi connectivity index (χ3v) is 4.18. The van der Waals surface area contributed by atoms with Crippen LogP contribution in [0.1, 0.15) is 49.4 Å². The van der Waals surface area contributed by atoms with Crippen molar-refractivity contribution in [3.63, 3.8) is 0 Å². The molecule has 0 aliphatic heterocycles. The number of amides is 1. The monoisotopic (exact) mass is 359 g/mol. The van der Waals surface area contributed by atoms with E-state index in [9.17, 15) is 14.4 Å². The molecule has 1 aliphatic rings. The maximum absolute atomic E-state index is 12.0. The average Bonchev–Trinajstić information content (AvgIpc) is 2.67. The van der Waals surface area contributed by atoms with E-state index in [1.165, 1.54) is 25.3 Å². The van der Waals surface area contributed by atoms with Crippen LogP contribution in [0.5, 0.6) is 5.75 Å². The molecule has 0 saturated carbocycles. The molecule has 26 heavy (non-hydrogen) atoms. The SMILES string of the molecule is C[C@@H](OC(=O)COc1ccc(C=O)cc1)C(=O)NCCC1=CCCCC1. The maximum atomic E-state index is 12.0. The summed E-state index contributed by atoms with van der Waals surface area (Å²) in [6.07, 6.45) is 7.62. The predicted molar refractivity (Wildman–Crippen MR) is 97.1 cm³/mol. The second-order valence-corrected chi connectivity index (χ2v) is 6.26. The van der Waals surface area contributed by atoms with E-state index in [-0.39, 0.29) is 12.5 Å². The molecular weight excluding hydrogens is 334 g/mol. The number of benzene rings is 1. The van der Waals surface area contributed by atoms with Gasteiger partial charge in [-0.2, -0.15) is 0 Å². The Hall–Kier alpha value is -2.63. The van der Waals surface area contributed by atoms with Gasteiger partial charge in [0.2, 0.25) is 0 Å². The van der Waals surface area contributed by atoms with Crippen molar-refractivity contribution in [2.75, 3.05) is 13.2 Å². The summed E-state index contributed by atoms with van der Waals surface area (Å²) in [5, 5.41) is 2.79. The normalized spacial score (nSPS) is 14.7. The Kier molecular flexibility index (Phi) is 7.86. The lowest BCUT2D eigenvalue weighted by atomic mass is 9.97. The van der Waals surface area contributed by atoms with Crippen LogP contribution in [-0.2, 0) is 14.3 Å². The largest absolute Gasteiger partial charge is 0.482 e. The molecule has 1 aromatic rings. The molecule has 0 radical (unpaired) electrons. The molecule has 6 heteroatoms. The quantitative estimate of drug-likeness (QED) is 0.416. The lowest BCUT2D eigenvalue weighted by Gasteiger charge is -2.15. The summed E-state index contributed by atoms with van der Waals surface area (Å²) in [5.74, 6) is -0.488. The summed E-state index contributed by atoms with van der Waals surface area (Å²) >= 11 is 0. The lowest BCUT2D eigenvalue weighted by Crippen LogP contribution is -2.37. The van der Waals surface area contributed by atoms with Gasteiger partial charge in [-0.05, 0) is 63.3 Å². The number of nitrogens with one attached hydrogen (secondary N) is 1. The highest BCUT2D eigenvalue weighted by Crippen LogP contribution is 2.19. The molecule has 6 nitrogen and oxygen atoms in total. The van der Waals surface area contributed by atoms with Gasteiger partial charge in [-0.1, -0.05) is 11.6 Å². The van der Waals surface area contributed by atoms with Crippen LogP contribution < -0.4 is 10.1 Å². The molecule has 0 unspecified atom stereocenters. The van der Waals surface area contributed by atoms with Gasteiger partial charge in [0.1, 0.15) is 12.0 Å². The predicted octanol–water partition coefficient (Wildman–Crippen LogP) is 2.82. The average molecular weight is 359 g/mol. The van der Waals surface area contributed by atoms with Crippen LogP contribution in [-0.4, -0.2) is 37.4 Å². The Morgan fingerprint density at radius 2 is 2.00 bits per heavy atom. The molecular formula is C20H25NO5. The van der Waals surface area contributed by atoms with E-state index in [0.717, 1.165) is 25.5 Å². The molecule has 2 rings (SSSR count). The van der Waals surface area contributed by atoms with Crippen LogP contribution in [0.2, 0.25) is 0 Å². The second-order valence-electron chi connectivity index (χ2n) is 6.26. The standard InChI is InChI=1S/C20H25NO5/c1-15(20(24)21-12-11-16-5-3-2-4-6-16)26-19(23)14-25-18-9-7-17(13-22)8-10-18/h5,7-10,13,15H,2-4,6,11-12,14H2,1H3,(H,21,24)/t15-/m1/s1. The van der Waals surface area contributed by atoms with Gasteiger partial charge in [0, 0.05) is 12.1 Å². The summed E-state index contributed by atoms with van der Waals surface area (Å²) in [6.45, 7) is 1.78. The molecule has 1 amide bonds. The maximum Gasteiger partial charge on any atom is 0.344 e. The molecule has 1 aromatic carbocycles. The fraction of sp³-hybridized carbons (Fsp3) is 0.450. The highest BCUT2D eigenvalue weighted by molar-refractivity contribution is 5.83. The minimum Gasteiger partial charge on any atom is -0.482 e. The van der Waals surface area contributed by atoms with Crippen LogP contribution in [0.4, 0.5) is 0 Å². The summed E-state index contributed by atoms with van der Waals surface area (Å²) in [4.78, 5) is 34.3. The molecule has 0 saturated heterocycles. The van der Waals surface area contributed by atoms with Crippen LogP contribution in [0.25, 0.3) is 0 Å². The number of hydrogen-bond acceptors (Lipinski definition) is 5. The van der Waals surface area contributed by atoms with E-state index in [0.29, 0.717) is 17.9 Å². The van der Waals surface area contributed by atoms with Crippen molar-refractivity contribution in [2.24, 2.45) is 0 Å². The van der Waals surface area contributed by atoms with Crippen molar-refractivity contribution in [3.8, 4) is 5.75 Å². The zero-order chi connectivity index (χ0) is 18.8. The van der Waals surface area contributed by atoms with Crippen molar-refractivity contribution >= 4 is 18.2 Å². The number of carbonyl (C=O) groups excluding carboxylic acids is 3. The molecule has 0 heterocycles. The van der Waals surface area contributed by atoms with Crippen molar-refractivity contribution in [3.05, 3.63) is 41.5 Å². The van der Waals surface area contributed by atoms with Crippen LogP contribution in [0.15, 0.2) is 35.9 Å². The van der Waals surface area contributed by atoms with Gasteiger partial charge >= 0.3 is 5.97 Å². The first-order valence-electron chi connectivity index (χ1n) is 8.91. The highest BCUT2D eigenvalue weighted by Gasteiger charge is 2.18. The molecule has 1 aliphatic carbocycles. The lowest BCUT2D eigenvalue weighted by molar-refractivity contribution is -0.156. The van der Waals surface area contributed by atoms with Gasteiger partial charge < -0.3 is 14.8 Å². The minimum absolute atomic E-state index is 0.301. The Morgan fingerprint density at radius 3 is 2.65 bits per heavy atom. The Balaban J connectivity index is 1.65. The Bertz CT molecular complexity index is 651. The Labute approximate surface area is 153 Å². The van der Waals surface area contributed by atoms with Crippen molar-refractivity contribution < 1.29 is 23.9 Å². The fourth-order valence-electron chi connectivity index (χ4n) is 2.69. The number of ether oxygens (including phenoxy) is 2. The van der Waals surface area contributed by atoms with E-state index >= 15 is 0 Å².